The van der Waals surface area contributed by atoms with Crippen molar-refractivity contribution in [2.45, 2.75) is 155 Å². The van der Waals surface area contributed by atoms with Gasteiger partial charge in [-0.2, -0.15) is 4.98 Å². The van der Waals surface area contributed by atoms with Gasteiger partial charge in [-0.15, -0.1) is 0 Å². The average Bonchev–Trinajstić information content (AvgIpc) is 3.40. The van der Waals surface area contributed by atoms with Crippen molar-refractivity contribution in [1.29, 1.82) is 0 Å². The van der Waals surface area contributed by atoms with Crippen LogP contribution in [-0.4, -0.2) is 50.2 Å². The Labute approximate surface area is 263 Å². The second-order valence-corrected chi connectivity index (χ2v) is 12.4. The van der Waals surface area contributed by atoms with E-state index >= 15 is 0 Å². The number of hydrogen-bond acceptors (Lipinski definition) is 9. The van der Waals surface area contributed by atoms with Gasteiger partial charge in [0.2, 0.25) is 5.95 Å². The Hall–Kier alpha value is -2.95. The minimum Gasteiger partial charge on any atom is -0.466 e. The number of aromatic amines is 1. The molecule has 0 aliphatic heterocycles. The fourth-order valence-electron chi connectivity index (χ4n) is 5.21. The van der Waals surface area contributed by atoms with Crippen molar-refractivity contribution in [1.82, 2.24) is 19.5 Å². The molecule has 5 N–H and O–H groups in total. The zero-order valence-electron chi connectivity index (χ0n) is 27.5. The van der Waals surface area contributed by atoms with Crippen molar-refractivity contribution in [2.24, 2.45) is 11.7 Å². The maximum Gasteiger partial charge on any atom is 0.323 e. The van der Waals surface area contributed by atoms with Crippen LogP contribution in [0.3, 0.4) is 0 Å². The molecule has 0 saturated heterocycles. The number of fused-ring (bicyclic) bond motifs is 1. The third-order valence-electron chi connectivity index (χ3n) is 8.15. The Bertz CT molecular complexity index is 1150. The van der Waals surface area contributed by atoms with Gasteiger partial charge in [0.1, 0.15) is 12.1 Å². The number of unbranched alkanes of at least 4 members (excludes halogenated alkanes) is 14. The van der Waals surface area contributed by atoms with Gasteiger partial charge in [0.25, 0.3) is 5.56 Å². The fraction of sp³-hybridized carbons (Fsp3) is 0.788. The highest BCUT2D eigenvalue weighted by Gasteiger charge is 2.23. The van der Waals surface area contributed by atoms with E-state index in [1.807, 2.05) is 13.8 Å². The van der Waals surface area contributed by atoms with Crippen LogP contribution < -0.4 is 17.0 Å². The third kappa shape index (κ3) is 14.7. The first-order valence-electron chi connectivity index (χ1n) is 17.0. The van der Waals surface area contributed by atoms with Crippen molar-refractivity contribution in [3.05, 3.63) is 16.7 Å². The van der Waals surface area contributed by atoms with E-state index in [9.17, 15) is 14.4 Å². The van der Waals surface area contributed by atoms with Crippen LogP contribution in [0, 0.1) is 5.92 Å². The first-order chi connectivity index (χ1) is 21.2. The van der Waals surface area contributed by atoms with E-state index in [1.54, 1.807) is 4.57 Å². The summed E-state index contributed by atoms with van der Waals surface area (Å²) in [6, 6.07) is -0.751. The first kappa shape index (κ1) is 37.2. The lowest BCUT2D eigenvalue weighted by atomic mass is 10.0. The summed E-state index contributed by atoms with van der Waals surface area (Å²) in [4.78, 5) is 47.7. The molecule has 0 aliphatic rings. The summed E-state index contributed by atoms with van der Waals surface area (Å²) < 4.78 is 12.9. The molecule has 0 radical (unpaired) electrons. The molecule has 2 aromatic heterocycles. The summed E-state index contributed by atoms with van der Waals surface area (Å²) >= 11 is 0. The second-order valence-electron chi connectivity index (χ2n) is 12.4. The molecule has 0 amide bonds. The molecule has 250 valence electrons. The lowest BCUT2D eigenvalue weighted by Gasteiger charge is -2.22. The molecule has 11 heteroatoms. The highest BCUT2D eigenvalue weighted by Crippen LogP contribution is 2.16. The van der Waals surface area contributed by atoms with Crippen LogP contribution in [-0.2, 0) is 25.6 Å². The number of carbonyl (C=O) groups is 2. The fourth-order valence-corrected chi connectivity index (χ4v) is 5.21. The maximum absolute atomic E-state index is 12.6. The SMILES string of the molecule is CCCCCCCCCCCCCCCCCC(=O)OCCC(CCn1cnc2c(=O)[nH]c(N)nc21)OC(=O)[C@@H](N)C(C)C. The number of nitrogens with zero attached hydrogens (tertiary/aromatic N) is 3. The van der Waals surface area contributed by atoms with Gasteiger partial charge in [-0.1, -0.05) is 111 Å². The molecule has 44 heavy (non-hydrogen) atoms. The van der Waals surface area contributed by atoms with Crippen LogP contribution >= 0.6 is 0 Å². The van der Waals surface area contributed by atoms with Gasteiger partial charge < -0.3 is 25.5 Å². The Morgan fingerprint density at radius 1 is 0.909 bits per heavy atom. The number of nitrogen functional groups attached to an aromatic ring is 1. The molecule has 0 spiro atoms. The molecule has 0 aliphatic carbocycles. The largest absolute Gasteiger partial charge is 0.466 e. The lowest BCUT2D eigenvalue weighted by Crippen LogP contribution is -2.39. The molecule has 1 unspecified atom stereocenters. The summed E-state index contributed by atoms with van der Waals surface area (Å²) in [6.07, 6.45) is 21.2. The van der Waals surface area contributed by atoms with E-state index in [-0.39, 0.29) is 30.0 Å². The molecule has 2 atom stereocenters. The van der Waals surface area contributed by atoms with Crippen molar-refractivity contribution < 1.29 is 19.1 Å². The summed E-state index contributed by atoms with van der Waals surface area (Å²) in [5.74, 6) is -0.810. The third-order valence-corrected chi connectivity index (χ3v) is 8.15. The van der Waals surface area contributed by atoms with E-state index in [2.05, 4.69) is 21.9 Å². The number of ether oxygens (including phenoxy) is 2. The van der Waals surface area contributed by atoms with Crippen LogP contribution in [0.15, 0.2) is 11.1 Å². The highest BCUT2D eigenvalue weighted by atomic mass is 16.6. The van der Waals surface area contributed by atoms with E-state index < -0.39 is 23.7 Å². The smallest absolute Gasteiger partial charge is 0.323 e. The van der Waals surface area contributed by atoms with Crippen LogP contribution in [0.5, 0.6) is 0 Å². The molecular weight excluding hydrogens is 560 g/mol. The van der Waals surface area contributed by atoms with Gasteiger partial charge in [-0.3, -0.25) is 19.4 Å². The van der Waals surface area contributed by atoms with Crippen molar-refractivity contribution in [2.75, 3.05) is 12.3 Å². The van der Waals surface area contributed by atoms with Gasteiger partial charge in [0.05, 0.1) is 12.9 Å². The topological polar surface area (TPSA) is 168 Å². The highest BCUT2D eigenvalue weighted by molar-refractivity contribution is 5.76. The molecule has 0 fully saturated rings. The van der Waals surface area contributed by atoms with Gasteiger partial charge in [0.15, 0.2) is 11.2 Å². The number of esters is 2. The number of hydrogen-bond donors (Lipinski definition) is 3. The molecule has 11 nitrogen and oxygen atoms in total. The molecule has 2 heterocycles. The van der Waals surface area contributed by atoms with Gasteiger partial charge in [0, 0.05) is 25.8 Å². The van der Waals surface area contributed by atoms with Crippen LogP contribution in [0.2, 0.25) is 0 Å². The number of nitrogens with one attached hydrogen (secondary N) is 1. The molecule has 0 bridgehead atoms. The number of aromatic nitrogens is 4. The standard InChI is InChI=1S/C33H58N6O5/c1-4-5-6-7-8-9-10-11-12-13-14-15-16-17-18-19-27(40)43-23-21-26(44-32(42)28(34)25(2)3)20-22-39-24-36-29-30(39)37-33(35)38-31(29)41/h24-26,28H,4-23,34H2,1-3H3,(H3,35,37,38,41)/t26?,28-/m0/s1. The van der Waals surface area contributed by atoms with Crippen molar-refractivity contribution in [3.8, 4) is 0 Å². The normalized spacial score (nSPS) is 12.9. The zero-order chi connectivity index (χ0) is 32.2. The average molecular weight is 619 g/mol. The number of H-pyrrole nitrogens is 1. The number of aryl methyl sites for hydroxylation is 1. The zero-order valence-corrected chi connectivity index (χ0v) is 27.5. The Morgan fingerprint density at radius 3 is 2.05 bits per heavy atom. The van der Waals surface area contributed by atoms with Gasteiger partial charge >= 0.3 is 11.9 Å². The lowest BCUT2D eigenvalue weighted by molar-refractivity contribution is -0.154. The van der Waals surface area contributed by atoms with Crippen LogP contribution in [0.1, 0.15) is 136 Å². The van der Waals surface area contributed by atoms with E-state index in [0.717, 1.165) is 19.3 Å². The monoisotopic (exact) mass is 618 g/mol. The maximum atomic E-state index is 12.6. The first-order valence-corrected chi connectivity index (χ1v) is 17.0. The quantitative estimate of drug-likeness (QED) is 0.0868. The second kappa shape index (κ2) is 21.7. The van der Waals surface area contributed by atoms with Crippen LogP contribution in [0.4, 0.5) is 5.95 Å². The summed E-state index contributed by atoms with van der Waals surface area (Å²) in [6.45, 7) is 6.48. The number of carbonyl (C=O) groups excluding carboxylic acids is 2. The van der Waals surface area contributed by atoms with E-state index in [4.69, 9.17) is 20.9 Å². The molecular formula is C33H58N6O5. The summed E-state index contributed by atoms with van der Waals surface area (Å²) in [5.41, 5.74) is 11.8. The number of rotatable bonds is 25. The minimum absolute atomic E-state index is 0.00358. The molecule has 2 rings (SSSR count). The molecule has 0 saturated carbocycles. The number of imidazole rings is 1. The summed E-state index contributed by atoms with van der Waals surface area (Å²) in [5, 5.41) is 0. The van der Waals surface area contributed by atoms with Crippen molar-refractivity contribution in [3.63, 3.8) is 0 Å². The Kier molecular flexibility index (Phi) is 18.4. The predicted octanol–water partition coefficient (Wildman–Crippen LogP) is 6.18. The van der Waals surface area contributed by atoms with E-state index in [0.29, 0.717) is 31.5 Å². The van der Waals surface area contributed by atoms with E-state index in [1.165, 1.54) is 83.4 Å². The number of anilines is 1. The van der Waals surface area contributed by atoms with Gasteiger partial charge in [-0.25, -0.2) is 4.98 Å². The molecule has 2 aromatic rings. The predicted molar refractivity (Wildman–Crippen MR) is 175 cm³/mol. The van der Waals surface area contributed by atoms with Crippen LogP contribution in [0.25, 0.3) is 11.2 Å². The molecule has 0 aromatic carbocycles. The Morgan fingerprint density at radius 2 is 1.48 bits per heavy atom. The Balaban J connectivity index is 1.63. The summed E-state index contributed by atoms with van der Waals surface area (Å²) in [7, 11) is 0. The number of nitrogens with two attached hydrogens (primary N) is 2. The minimum atomic E-state index is -0.751. The van der Waals surface area contributed by atoms with Crippen molar-refractivity contribution >= 4 is 29.1 Å². The van der Waals surface area contributed by atoms with Gasteiger partial charge in [-0.05, 0) is 12.3 Å².